The number of nitrogens with zero attached hydrogens (tertiary/aromatic N) is 7. The summed E-state index contributed by atoms with van der Waals surface area (Å²) in [6.45, 7) is 6.24. The van der Waals surface area contributed by atoms with Gasteiger partial charge >= 0.3 is 6.18 Å². The number of fused-ring (bicyclic) bond motifs is 1. The number of carbonyl (C=O) groups is 2. The van der Waals surface area contributed by atoms with Crippen LogP contribution in [0.4, 0.5) is 30.4 Å². The molecule has 0 bridgehead atoms. The van der Waals surface area contributed by atoms with Gasteiger partial charge in [0.2, 0.25) is 17.2 Å². The number of alkyl halides is 3. The van der Waals surface area contributed by atoms with Crippen molar-refractivity contribution < 1.29 is 27.5 Å². The zero-order valence-electron chi connectivity index (χ0n) is 28.6. The Morgan fingerprint density at radius 2 is 1.86 bits per heavy atom. The third kappa shape index (κ3) is 7.18. The first-order valence-electron chi connectivity index (χ1n) is 16.0. The van der Waals surface area contributed by atoms with E-state index in [2.05, 4.69) is 20.3 Å². The second-order valence-corrected chi connectivity index (χ2v) is 12.6. The summed E-state index contributed by atoms with van der Waals surface area (Å²) < 4.78 is 46.6. The van der Waals surface area contributed by atoms with Gasteiger partial charge in [-0.15, -0.1) is 0 Å². The first kappa shape index (κ1) is 36.4. The van der Waals surface area contributed by atoms with Gasteiger partial charge in [0.05, 0.1) is 29.6 Å². The van der Waals surface area contributed by atoms with Crippen molar-refractivity contribution in [2.45, 2.75) is 52.4 Å². The van der Waals surface area contributed by atoms with E-state index < -0.39 is 17.6 Å². The minimum absolute atomic E-state index is 0.00143. The van der Waals surface area contributed by atoms with Gasteiger partial charge in [0.15, 0.2) is 11.2 Å². The number of nitrogens with one attached hydrogen (secondary N) is 1. The Morgan fingerprint density at radius 1 is 1.12 bits per heavy atom. The molecule has 1 saturated heterocycles. The SMILES string of the molecule is CCc1c(N2CCN(C(=O)c3cc(C)cnc3OC)C[C@@H]2CC)c(=O)c2nc(N(C)C)cnc2n1CC(=O)Nc1ccc(C(F)(F)F)cc1Cl. The lowest BCUT2D eigenvalue weighted by Crippen LogP contribution is -2.56. The van der Waals surface area contributed by atoms with Crippen LogP contribution < -0.4 is 25.3 Å². The largest absolute Gasteiger partial charge is 0.480 e. The van der Waals surface area contributed by atoms with Gasteiger partial charge in [0.1, 0.15) is 23.6 Å². The van der Waals surface area contributed by atoms with E-state index in [1.807, 2.05) is 25.7 Å². The van der Waals surface area contributed by atoms with Crippen LogP contribution in [0.25, 0.3) is 11.2 Å². The fourth-order valence-electron chi connectivity index (χ4n) is 6.12. The molecule has 4 heterocycles. The Bertz CT molecular complexity index is 2000. The number of hydrogen-bond acceptors (Lipinski definition) is 9. The molecule has 266 valence electrons. The number of hydrogen-bond donors (Lipinski definition) is 1. The maximum Gasteiger partial charge on any atom is 0.416 e. The number of ether oxygens (including phenoxy) is 1. The molecule has 5 rings (SSSR count). The average molecular weight is 715 g/mol. The number of anilines is 3. The summed E-state index contributed by atoms with van der Waals surface area (Å²) in [4.78, 5) is 60.4. The van der Waals surface area contributed by atoms with E-state index >= 15 is 0 Å². The second-order valence-electron chi connectivity index (χ2n) is 12.2. The molecular formula is C34H38ClF3N8O4. The van der Waals surface area contributed by atoms with Crippen molar-refractivity contribution in [2.75, 3.05) is 56.0 Å². The van der Waals surface area contributed by atoms with Gasteiger partial charge in [-0.3, -0.25) is 14.4 Å². The molecule has 50 heavy (non-hydrogen) atoms. The zero-order chi connectivity index (χ0) is 36.5. The molecule has 1 aromatic carbocycles. The van der Waals surface area contributed by atoms with Crippen LogP contribution in [0.15, 0.2) is 41.5 Å². The molecule has 12 nitrogen and oxygen atoms in total. The van der Waals surface area contributed by atoms with Gasteiger partial charge in [-0.1, -0.05) is 25.4 Å². The number of carbonyl (C=O) groups excluding carboxylic acids is 2. The molecule has 0 aliphatic carbocycles. The summed E-state index contributed by atoms with van der Waals surface area (Å²) in [6, 6.07) is 4.14. The van der Waals surface area contributed by atoms with Crippen LogP contribution in [0, 0.1) is 6.92 Å². The Balaban J connectivity index is 1.55. The maximum absolute atomic E-state index is 14.4. The lowest BCUT2D eigenvalue weighted by molar-refractivity contribution is -0.137. The van der Waals surface area contributed by atoms with Crippen LogP contribution in [-0.2, 0) is 23.9 Å². The van der Waals surface area contributed by atoms with Gasteiger partial charge in [0.25, 0.3) is 5.91 Å². The topological polar surface area (TPSA) is 126 Å². The highest BCUT2D eigenvalue weighted by Gasteiger charge is 2.35. The van der Waals surface area contributed by atoms with Crippen molar-refractivity contribution in [3.63, 3.8) is 0 Å². The number of methoxy groups -OCH3 is 1. The molecule has 1 fully saturated rings. The lowest BCUT2D eigenvalue weighted by atomic mass is 10.0. The molecule has 1 aliphatic heterocycles. The molecular weight excluding hydrogens is 677 g/mol. The molecule has 0 unspecified atom stereocenters. The Kier molecular flexibility index (Phi) is 10.6. The molecule has 0 spiro atoms. The van der Waals surface area contributed by atoms with Gasteiger partial charge in [-0.2, -0.15) is 13.2 Å². The van der Waals surface area contributed by atoms with E-state index in [9.17, 15) is 27.6 Å². The Morgan fingerprint density at radius 3 is 2.48 bits per heavy atom. The van der Waals surface area contributed by atoms with Crippen molar-refractivity contribution >= 4 is 51.8 Å². The average Bonchev–Trinajstić information content (AvgIpc) is 3.08. The highest BCUT2D eigenvalue weighted by Crippen LogP contribution is 2.34. The number of aromatic nitrogens is 4. The zero-order valence-corrected chi connectivity index (χ0v) is 29.3. The summed E-state index contributed by atoms with van der Waals surface area (Å²) in [7, 11) is 4.99. The van der Waals surface area contributed by atoms with Crippen molar-refractivity contribution in [1.29, 1.82) is 0 Å². The molecule has 0 saturated carbocycles. The smallest absolute Gasteiger partial charge is 0.416 e. The molecule has 1 aliphatic rings. The number of benzene rings is 1. The van der Waals surface area contributed by atoms with E-state index in [1.54, 1.807) is 40.7 Å². The van der Waals surface area contributed by atoms with Crippen LogP contribution in [0.1, 0.15) is 47.4 Å². The minimum Gasteiger partial charge on any atom is -0.480 e. The molecule has 2 amide bonds. The first-order chi connectivity index (χ1) is 23.7. The van der Waals surface area contributed by atoms with Gasteiger partial charge in [-0.05, 0) is 49.6 Å². The maximum atomic E-state index is 14.4. The van der Waals surface area contributed by atoms with E-state index in [0.717, 1.165) is 23.8 Å². The molecule has 4 aromatic rings. The van der Waals surface area contributed by atoms with Crippen molar-refractivity contribution in [2.24, 2.45) is 0 Å². The van der Waals surface area contributed by atoms with E-state index in [0.29, 0.717) is 55.2 Å². The van der Waals surface area contributed by atoms with E-state index in [4.69, 9.17) is 16.3 Å². The molecule has 1 N–H and O–H groups in total. The van der Waals surface area contributed by atoms with Crippen molar-refractivity contribution in [3.05, 3.63) is 74.3 Å². The van der Waals surface area contributed by atoms with Gasteiger partial charge in [0, 0.05) is 51.7 Å². The summed E-state index contributed by atoms with van der Waals surface area (Å²) in [6.07, 6.45) is -0.562. The quantitative estimate of drug-likeness (QED) is 0.250. The van der Waals surface area contributed by atoms with Gasteiger partial charge < -0.3 is 29.3 Å². The molecule has 3 aromatic heterocycles. The summed E-state index contributed by atoms with van der Waals surface area (Å²) in [5.74, 6) is -0.171. The van der Waals surface area contributed by atoms with Crippen molar-refractivity contribution in [1.82, 2.24) is 24.4 Å². The number of halogens is 4. The normalized spacial score (nSPS) is 15.0. The number of rotatable bonds is 9. The fraction of sp³-hybridized carbons (Fsp3) is 0.412. The number of aryl methyl sites for hydroxylation is 1. The van der Waals surface area contributed by atoms with Crippen LogP contribution in [0.5, 0.6) is 5.88 Å². The molecule has 0 radical (unpaired) electrons. The first-order valence-corrected chi connectivity index (χ1v) is 16.4. The van der Waals surface area contributed by atoms with Crippen LogP contribution in [0.2, 0.25) is 5.02 Å². The van der Waals surface area contributed by atoms with E-state index in [1.165, 1.54) is 13.3 Å². The second kappa shape index (κ2) is 14.5. The lowest BCUT2D eigenvalue weighted by Gasteiger charge is -2.43. The van der Waals surface area contributed by atoms with Crippen LogP contribution >= 0.6 is 11.6 Å². The van der Waals surface area contributed by atoms with Crippen molar-refractivity contribution in [3.8, 4) is 5.88 Å². The third-order valence-corrected chi connectivity index (χ3v) is 8.94. The minimum atomic E-state index is -4.60. The third-order valence-electron chi connectivity index (χ3n) is 8.63. The number of pyridine rings is 2. The monoisotopic (exact) mass is 714 g/mol. The Hall–Kier alpha value is -4.92. The number of piperazine rings is 1. The molecule has 16 heteroatoms. The van der Waals surface area contributed by atoms with Gasteiger partial charge in [-0.25, -0.2) is 15.0 Å². The van der Waals surface area contributed by atoms with E-state index in [-0.39, 0.29) is 51.7 Å². The highest BCUT2D eigenvalue weighted by molar-refractivity contribution is 6.33. The Labute approximate surface area is 291 Å². The summed E-state index contributed by atoms with van der Waals surface area (Å²) in [5.41, 5.74) is 0.947. The predicted molar refractivity (Wildman–Crippen MR) is 185 cm³/mol. The molecule has 1 atom stereocenters. The standard InChI is InChI=1S/C34H38ClF3N8O4/c1-7-21-17-44(33(49)22-13-19(3)15-40-32(22)50-6)11-12-45(21)29-25(8-2)46(31-28(30(29)48)42-26(16-39-31)43(4)5)18-27(47)41-24-10-9-20(14-23(24)35)34(36,37)38/h9-10,13-16,21H,7-8,11-12,17-18H2,1-6H3,(H,41,47)/t21-/m0/s1. The van der Waals surface area contributed by atoms with Crippen LogP contribution in [0.3, 0.4) is 0 Å². The highest BCUT2D eigenvalue weighted by atomic mass is 35.5. The fourth-order valence-corrected chi connectivity index (χ4v) is 6.34. The predicted octanol–water partition coefficient (Wildman–Crippen LogP) is 5.18. The number of amides is 2. The summed E-state index contributed by atoms with van der Waals surface area (Å²) >= 11 is 6.13. The summed E-state index contributed by atoms with van der Waals surface area (Å²) in [5, 5.41) is 2.32. The van der Waals surface area contributed by atoms with Crippen LogP contribution in [-0.4, -0.2) is 83.1 Å².